The maximum absolute atomic E-state index is 8.34. The minimum atomic E-state index is 0.283. The van der Waals surface area contributed by atoms with E-state index < -0.39 is 0 Å². The third-order valence-electron chi connectivity index (χ3n) is 1.84. The highest BCUT2D eigenvalue weighted by Crippen LogP contribution is 2.22. The molecule has 3 N–H and O–H groups in total. The number of benzene rings is 1. The topological polar surface area (TPSA) is 58.6 Å². The Balaban J connectivity index is 2.43. The molecule has 0 aromatic heterocycles. The minimum Gasteiger partial charge on any atom is -0.409 e. The predicted octanol–water partition coefficient (Wildman–Crippen LogP) is 2.22. The first-order valence-electron chi connectivity index (χ1n) is 4.39. The van der Waals surface area contributed by atoms with Crippen LogP contribution in [0, 0.1) is 6.92 Å². The number of nitrogens with two attached hydrogens (primary N) is 1. The minimum absolute atomic E-state index is 0.283. The van der Waals surface area contributed by atoms with Crippen LogP contribution in [0.4, 0.5) is 0 Å². The third-order valence-corrected chi connectivity index (χ3v) is 3.02. The Kier molecular flexibility index (Phi) is 4.32. The van der Waals surface area contributed by atoms with Gasteiger partial charge in [0.2, 0.25) is 0 Å². The lowest BCUT2D eigenvalue weighted by atomic mass is 10.2. The zero-order chi connectivity index (χ0) is 10.4. The van der Waals surface area contributed by atoms with Gasteiger partial charge in [0.15, 0.2) is 0 Å². The number of nitrogens with zero attached hydrogens (tertiary/aromatic N) is 1. The molecule has 1 aromatic carbocycles. The van der Waals surface area contributed by atoms with E-state index in [0.717, 1.165) is 5.75 Å². The van der Waals surface area contributed by atoms with Crippen molar-refractivity contribution in [3.8, 4) is 0 Å². The van der Waals surface area contributed by atoms with Crippen LogP contribution in [0.3, 0.4) is 0 Å². The Hall–Kier alpha value is -1.16. The van der Waals surface area contributed by atoms with Crippen LogP contribution in [-0.2, 0) is 0 Å². The standard InChI is InChI=1S/C10H14N2OS/c1-8-4-2-3-5-9(8)14-7-6-10(11)12-13/h2-5,13H,6-7H2,1H3,(H2,11,12). The first-order valence-corrected chi connectivity index (χ1v) is 5.37. The second kappa shape index (κ2) is 5.54. The first-order chi connectivity index (χ1) is 6.74. The molecule has 0 aliphatic rings. The Labute approximate surface area is 88.0 Å². The van der Waals surface area contributed by atoms with E-state index in [0.29, 0.717) is 6.42 Å². The number of amidine groups is 1. The Bertz CT molecular complexity index is 326. The highest BCUT2D eigenvalue weighted by atomic mass is 32.2. The predicted molar refractivity (Wildman–Crippen MR) is 59.9 cm³/mol. The molecule has 0 radical (unpaired) electrons. The van der Waals surface area contributed by atoms with Crippen molar-refractivity contribution in [2.45, 2.75) is 18.2 Å². The van der Waals surface area contributed by atoms with E-state index in [9.17, 15) is 0 Å². The molecule has 1 aromatic rings. The Morgan fingerprint density at radius 2 is 2.21 bits per heavy atom. The van der Waals surface area contributed by atoms with Crippen molar-refractivity contribution in [1.82, 2.24) is 0 Å². The summed E-state index contributed by atoms with van der Waals surface area (Å²) in [6, 6.07) is 8.18. The van der Waals surface area contributed by atoms with Gasteiger partial charge in [-0.1, -0.05) is 23.4 Å². The molecule has 0 unspecified atom stereocenters. The van der Waals surface area contributed by atoms with Crippen LogP contribution in [0.2, 0.25) is 0 Å². The zero-order valence-corrected chi connectivity index (χ0v) is 8.92. The fourth-order valence-corrected chi connectivity index (χ4v) is 2.04. The van der Waals surface area contributed by atoms with E-state index in [1.165, 1.54) is 10.5 Å². The van der Waals surface area contributed by atoms with E-state index >= 15 is 0 Å². The van der Waals surface area contributed by atoms with Gasteiger partial charge in [0.1, 0.15) is 5.84 Å². The molecule has 0 amide bonds. The molecule has 0 aliphatic heterocycles. The summed E-state index contributed by atoms with van der Waals surface area (Å²) >= 11 is 1.72. The average Bonchev–Trinajstić information content (AvgIpc) is 2.20. The van der Waals surface area contributed by atoms with Crippen LogP contribution in [0.15, 0.2) is 34.3 Å². The van der Waals surface area contributed by atoms with Gasteiger partial charge in [0.05, 0.1) is 0 Å². The lowest BCUT2D eigenvalue weighted by Gasteiger charge is -2.03. The van der Waals surface area contributed by atoms with Crippen LogP contribution in [-0.4, -0.2) is 16.8 Å². The molecule has 4 heteroatoms. The van der Waals surface area contributed by atoms with Gasteiger partial charge in [-0.25, -0.2) is 0 Å². The molecular weight excluding hydrogens is 196 g/mol. The first kappa shape index (κ1) is 10.9. The smallest absolute Gasteiger partial charge is 0.139 e. The van der Waals surface area contributed by atoms with E-state index in [-0.39, 0.29) is 5.84 Å². The summed E-state index contributed by atoms with van der Waals surface area (Å²) in [5.74, 6) is 1.12. The molecule has 0 atom stereocenters. The highest BCUT2D eigenvalue weighted by molar-refractivity contribution is 7.99. The van der Waals surface area contributed by atoms with Crippen LogP contribution in [0.1, 0.15) is 12.0 Å². The van der Waals surface area contributed by atoms with Gasteiger partial charge in [-0.15, -0.1) is 11.8 Å². The van der Waals surface area contributed by atoms with E-state index in [1.54, 1.807) is 11.8 Å². The SMILES string of the molecule is Cc1ccccc1SCC/C(N)=N/O. The van der Waals surface area contributed by atoms with Crippen LogP contribution < -0.4 is 5.73 Å². The number of rotatable bonds is 4. The second-order valence-electron chi connectivity index (χ2n) is 2.96. The third kappa shape index (κ3) is 3.30. The van der Waals surface area contributed by atoms with Gasteiger partial charge in [-0.05, 0) is 18.6 Å². The number of aryl methyl sites for hydroxylation is 1. The van der Waals surface area contributed by atoms with E-state index in [1.807, 2.05) is 12.1 Å². The summed E-state index contributed by atoms with van der Waals surface area (Å²) in [7, 11) is 0. The average molecular weight is 210 g/mol. The number of oxime groups is 1. The summed E-state index contributed by atoms with van der Waals surface area (Å²) in [5.41, 5.74) is 6.62. The van der Waals surface area contributed by atoms with Crippen molar-refractivity contribution < 1.29 is 5.21 Å². The van der Waals surface area contributed by atoms with Gasteiger partial charge in [0, 0.05) is 17.1 Å². The van der Waals surface area contributed by atoms with Crippen molar-refractivity contribution in [2.75, 3.05) is 5.75 Å². The summed E-state index contributed by atoms with van der Waals surface area (Å²) < 4.78 is 0. The molecule has 0 aliphatic carbocycles. The zero-order valence-electron chi connectivity index (χ0n) is 8.10. The molecule has 0 bridgehead atoms. The number of hydrogen-bond donors (Lipinski definition) is 2. The van der Waals surface area contributed by atoms with Crippen molar-refractivity contribution in [1.29, 1.82) is 0 Å². The molecule has 0 heterocycles. The summed E-state index contributed by atoms with van der Waals surface area (Å²) in [6.45, 7) is 2.08. The maximum atomic E-state index is 8.34. The molecule has 1 rings (SSSR count). The van der Waals surface area contributed by atoms with Gasteiger partial charge in [-0.2, -0.15) is 0 Å². The van der Waals surface area contributed by atoms with Crippen molar-refractivity contribution in [2.24, 2.45) is 10.9 Å². The molecular formula is C10H14N2OS. The fourth-order valence-electron chi connectivity index (χ4n) is 1.03. The van der Waals surface area contributed by atoms with Gasteiger partial charge in [0.25, 0.3) is 0 Å². The van der Waals surface area contributed by atoms with Crippen molar-refractivity contribution in [3.05, 3.63) is 29.8 Å². The van der Waals surface area contributed by atoms with Crippen molar-refractivity contribution in [3.63, 3.8) is 0 Å². The van der Waals surface area contributed by atoms with E-state index in [2.05, 4.69) is 24.2 Å². The number of thioether (sulfide) groups is 1. The van der Waals surface area contributed by atoms with Crippen LogP contribution >= 0.6 is 11.8 Å². The normalized spacial score (nSPS) is 11.6. The largest absolute Gasteiger partial charge is 0.409 e. The summed E-state index contributed by atoms with van der Waals surface area (Å²) in [5, 5.41) is 11.3. The van der Waals surface area contributed by atoms with E-state index in [4.69, 9.17) is 10.9 Å². The molecule has 0 spiro atoms. The highest BCUT2D eigenvalue weighted by Gasteiger charge is 1.98. The Morgan fingerprint density at radius 3 is 2.86 bits per heavy atom. The lowest BCUT2D eigenvalue weighted by molar-refractivity contribution is 0.317. The molecule has 76 valence electrons. The van der Waals surface area contributed by atoms with Gasteiger partial charge < -0.3 is 10.9 Å². The molecule has 0 fully saturated rings. The fraction of sp³-hybridized carbons (Fsp3) is 0.300. The van der Waals surface area contributed by atoms with Crippen LogP contribution in [0.5, 0.6) is 0 Å². The van der Waals surface area contributed by atoms with Gasteiger partial charge in [-0.3, -0.25) is 0 Å². The maximum Gasteiger partial charge on any atom is 0.139 e. The second-order valence-corrected chi connectivity index (χ2v) is 4.09. The lowest BCUT2D eigenvalue weighted by Crippen LogP contribution is -2.11. The summed E-state index contributed by atoms with van der Waals surface area (Å²) in [6.07, 6.45) is 0.607. The Morgan fingerprint density at radius 1 is 1.50 bits per heavy atom. The molecule has 3 nitrogen and oxygen atoms in total. The quantitative estimate of drug-likeness (QED) is 0.263. The van der Waals surface area contributed by atoms with Gasteiger partial charge >= 0.3 is 0 Å². The summed E-state index contributed by atoms with van der Waals surface area (Å²) in [4.78, 5) is 1.25. The number of hydrogen-bond acceptors (Lipinski definition) is 3. The van der Waals surface area contributed by atoms with Crippen molar-refractivity contribution >= 4 is 17.6 Å². The molecule has 0 saturated carbocycles. The van der Waals surface area contributed by atoms with Crippen LogP contribution in [0.25, 0.3) is 0 Å². The molecule has 0 saturated heterocycles. The monoisotopic (exact) mass is 210 g/mol. The molecule has 14 heavy (non-hydrogen) atoms.